The molecule has 1 N–H and O–H groups in total. The summed E-state index contributed by atoms with van der Waals surface area (Å²) in [6.45, 7) is 16.9. The fourth-order valence-electron chi connectivity index (χ4n) is 10.2. The van der Waals surface area contributed by atoms with Gasteiger partial charge in [0.2, 0.25) is 11.8 Å². The molecule has 1 saturated carbocycles. The third-order valence-corrected chi connectivity index (χ3v) is 13.3. The maximum absolute atomic E-state index is 14.3. The minimum Gasteiger partial charge on any atom is -0.460 e. The van der Waals surface area contributed by atoms with Crippen LogP contribution >= 0.6 is 0 Å². The first-order valence-electron chi connectivity index (χ1n) is 23.8. The Bertz CT molecular complexity index is 2220. The Hall–Kier alpha value is -4.34. The van der Waals surface area contributed by atoms with Crippen molar-refractivity contribution in [3.8, 4) is 11.1 Å². The van der Waals surface area contributed by atoms with Crippen LogP contribution in [0.1, 0.15) is 145 Å². The quantitative estimate of drug-likeness (QED) is 0.0997. The largest absolute Gasteiger partial charge is 0.460 e. The average molecular weight is 969 g/mol. The van der Waals surface area contributed by atoms with Crippen molar-refractivity contribution in [2.45, 2.75) is 146 Å². The molecule has 0 aromatic heterocycles. The molecule has 4 aromatic carbocycles. The number of hydrogen-bond donors (Lipinski definition) is 1. The molecule has 7 rings (SSSR count). The molecular weight excluding hydrogens is 900 g/mol. The summed E-state index contributed by atoms with van der Waals surface area (Å²) < 4.78 is 11.2. The van der Waals surface area contributed by atoms with Crippen molar-refractivity contribution in [1.82, 2.24) is 15.1 Å². The predicted octanol–water partition coefficient (Wildman–Crippen LogP) is 11.5. The molecular formula is C56H69N3O6Y-2. The monoisotopic (exact) mass is 968 g/mol. The Morgan fingerprint density at radius 2 is 1.26 bits per heavy atom. The van der Waals surface area contributed by atoms with Crippen molar-refractivity contribution < 1.29 is 61.4 Å². The van der Waals surface area contributed by atoms with Crippen molar-refractivity contribution in [3.63, 3.8) is 0 Å². The number of alkyl carbamates (subject to hydrolysis) is 1. The van der Waals surface area contributed by atoms with Gasteiger partial charge in [0.15, 0.2) is 0 Å². The van der Waals surface area contributed by atoms with E-state index in [4.69, 9.17) is 9.47 Å². The standard InChI is InChI=1S/C56H69N3O6.Y/c1-38(22-33-47-20-14-34-58(47)53(62)51(44-18-12-9-13-19-44)57-54(63)65-56(5,6)7)39-23-25-40(26-24-39)41-27-29-42(30-28-41)45-31-32-46(36-45)49-21-15-35-59(49)52(61)48(43-16-10-8-11-17-43)37-50(60)64-55(2,3)4;/h8-13,16-19,23-30,33,38,45-49,51H,1,14-15,20-22,31-32,34-37H2,2-7H3,(H,57,63);/q-2;/t38?,45?,46?,47-,48+,49-,51+;/m0./s1. The normalized spacial score (nSPS) is 21.1. The Morgan fingerprint density at radius 3 is 1.88 bits per heavy atom. The summed E-state index contributed by atoms with van der Waals surface area (Å²) in [5, 5.41) is 2.85. The van der Waals surface area contributed by atoms with E-state index in [-0.39, 0.29) is 74.9 Å². The van der Waals surface area contributed by atoms with Gasteiger partial charge in [0.05, 0.1) is 12.3 Å². The van der Waals surface area contributed by atoms with Gasteiger partial charge in [0.25, 0.3) is 0 Å². The van der Waals surface area contributed by atoms with Crippen LogP contribution in [-0.2, 0) is 56.6 Å². The van der Waals surface area contributed by atoms with Crippen molar-refractivity contribution in [1.29, 1.82) is 0 Å². The molecule has 1 aliphatic carbocycles. The maximum Gasteiger partial charge on any atom is 0.408 e. The van der Waals surface area contributed by atoms with Gasteiger partial charge in [0.1, 0.15) is 17.2 Å². The number of benzene rings is 4. The zero-order valence-corrected chi connectivity index (χ0v) is 42.8. The molecule has 7 atom stereocenters. The third-order valence-electron chi connectivity index (χ3n) is 13.3. The van der Waals surface area contributed by atoms with E-state index in [0.29, 0.717) is 24.8 Å². The van der Waals surface area contributed by atoms with Gasteiger partial charge < -0.3 is 37.9 Å². The van der Waals surface area contributed by atoms with Gasteiger partial charge in [-0.25, -0.2) is 4.79 Å². The van der Waals surface area contributed by atoms with Crippen LogP contribution in [0.15, 0.2) is 109 Å². The van der Waals surface area contributed by atoms with E-state index >= 15 is 0 Å². The van der Waals surface area contributed by atoms with Gasteiger partial charge in [-0.05, 0) is 120 Å². The van der Waals surface area contributed by atoms with Crippen LogP contribution in [0.5, 0.6) is 0 Å². The number of hydrogen-bond acceptors (Lipinski definition) is 6. The minimum absolute atomic E-state index is 0. The van der Waals surface area contributed by atoms with E-state index in [1.54, 1.807) is 20.8 Å². The van der Waals surface area contributed by atoms with Crippen LogP contribution in [0.2, 0.25) is 0 Å². The number of esters is 1. The summed E-state index contributed by atoms with van der Waals surface area (Å²) in [7, 11) is 0. The van der Waals surface area contributed by atoms with Crippen LogP contribution in [-0.4, -0.2) is 70.1 Å². The summed E-state index contributed by atoms with van der Waals surface area (Å²) in [6.07, 6.45) is 9.34. The number of carbonyl (C=O) groups excluding carboxylic acids is 4. The molecule has 2 aliphatic heterocycles. The van der Waals surface area contributed by atoms with Crippen LogP contribution < -0.4 is 5.32 Å². The zero-order chi connectivity index (χ0) is 46.3. The fraction of sp³-hybridized carbons (Fsp3) is 0.464. The van der Waals surface area contributed by atoms with E-state index in [1.807, 2.05) is 86.3 Å². The fourth-order valence-corrected chi connectivity index (χ4v) is 10.2. The number of nitrogens with one attached hydrogen (secondary N) is 1. The number of rotatable bonds is 14. The van der Waals surface area contributed by atoms with E-state index in [9.17, 15) is 19.2 Å². The van der Waals surface area contributed by atoms with Gasteiger partial charge in [-0.1, -0.05) is 127 Å². The number of ether oxygens (including phenoxy) is 2. The Balaban J connectivity index is 0.00000720. The molecule has 2 saturated heterocycles. The molecule has 4 aromatic rings. The second-order valence-corrected chi connectivity index (χ2v) is 20.4. The van der Waals surface area contributed by atoms with Gasteiger partial charge in [-0.3, -0.25) is 14.4 Å². The number of carbonyl (C=O) groups is 4. The van der Waals surface area contributed by atoms with Crippen molar-refractivity contribution in [2.24, 2.45) is 5.92 Å². The summed E-state index contributed by atoms with van der Waals surface area (Å²) in [5.41, 5.74) is 5.10. The Kier molecular flexibility index (Phi) is 17.5. The molecule has 3 aliphatic rings. The first-order chi connectivity index (χ1) is 31.0. The molecule has 0 spiro atoms. The summed E-state index contributed by atoms with van der Waals surface area (Å²) in [4.78, 5) is 58.2. The van der Waals surface area contributed by atoms with Crippen LogP contribution in [0, 0.1) is 19.3 Å². The van der Waals surface area contributed by atoms with Crippen LogP contribution in [0.4, 0.5) is 4.79 Å². The Morgan fingerprint density at radius 1 is 0.682 bits per heavy atom. The minimum atomic E-state index is -0.842. The van der Waals surface area contributed by atoms with Gasteiger partial charge in [0, 0.05) is 51.8 Å². The van der Waals surface area contributed by atoms with E-state index in [0.717, 1.165) is 73.7 Å². The molecule has 0 bridgehead atoms. The Labute approximate surface area is 419 Å². The zero-order valence-electron chi connectivity index (χ0n) is 39.9. The number of nitrogens with zero attached hydrogens (tertiary/aromatic N) is 2. The molecule has 66 heavy (non-hydrogen) atoms. The number of amides is 3. The summed E-state index contributed by atoms with van der Waals surface area (Å²) in [5.74, 6) is -0.104. The molecule has 2 heterocycles. The molecule has 9 nitrogen and oxygen atoms in total. The van der Waals surface area contributed by atoms with Gasteiger partial charge in [-0.2, -0.15) is 12.3 Å². The predicted molar refractivity (Wildman–Crippen MR) is 257 cm³/mol. The molecule has 3 unspecified atom stereocenters. The summed E-state index contributed by atoms with van der Waals surface area (Å²) in [6, 6.07) is 36.0. The molecule has 3 amide bonds. The van der Waals surface area contributed by atoms with Crippen molar-refractivity contribution in [3.05, 3.63) is 145 Å². The van der Waals surface area contributed by atoms with Crippen molar-refractivity contribution in [2.75, 3.05) is 13.1 Å². The van der Waals surface area contributed by atoms with Crippen molar-refractivity contribution >= 4 is 23.9 Å². The maximum atomic E-state index is 14.3. The molecule has 3 fully saturated rings. The first-order valence-corrected chi connectivity index (χ1v) is 23.8. The van der Waals surface area contributed by atoms with E-state index < -0.39 is 29.3 Å². The topological polar surface area (TPSA) is 105 Å². The second-order valence-electron chi connectivity index (χ2n) is 20.4. The van der Waals surface area contributed by atoms with E-state index in [1.165, 1.54) is 11.1 Å². The first kappa shape index (κ1) is 51.1. The van der Waals surface area contributed by atoms with Gasteiger partial charge in [-0.15, -0.1) is 0 Å². The molecule has 1 radical (unpaired) electrons. The number of likely N-dealkylation sites (tertiary alicyclic amines) is 2. The SMILES string of the molecule is [CH2-]C(C[CH-][C@@H]1CCCN1C(=O)[C@H](NC(=O)OC(C)(C)C)c1ccccc1)c1ccc(-c2ccc(C3CCC([C@@H]4CCCN4C(=O)[C@H](CC(=O)OC(C)(C)C)c4ccccc4)C3)cc2)cc1.[Y]. The van der Waals surface area contributed by atoms with Crippen LogP contribution in [0.25, 0.3) is 11.1 Å². The second kappa shape index (κ2) is 22.6. The molecule has 10 heteroatoms. The van der Waals surface area contributed by atoms with E-state index in [2.05, 4.69) is 72.1 Å². The smallest absolute Gasteiger partial charge is 0.408 e. The van der Waals surface area contributed by atoms with Crippen LogP contribution in [0.3, 0.4) is 0 Å². The average Bonchev–Trinajstić information content (AvgIpc) is 4.08. The summed E-state index contributed by atoms with van der Waals surface area (Å²) >= 11 is 0. The molecule has 349 valence electrons. The third kappa shape index (κ3) is 13.4. The van der Waals surface area contributed by atoms with Gasteiger partial charge >= 0.3 is 12.1 Å².